The molecule has 1 aliphatic rings. The molecule has 0 bridgehead atoms. The van der Waals surface area contributed by atoms with Crippen LogP contribution in [0.25, 0.3) is 0 Å². The molecule has 0 unspecified atom stereocenters. The fourth-order valence-electron chi connectivity index (χ4n) is 2.38. The lowest BCUT2D eigenvalue weighted by atomic mass is 9.92. The fourth-order valence-corrected chi connectivity index (χ4v) is 2.38. The molecule has 20 heavy (non-hydrogen) atoms. The van der Waals surface area contributed by atoms with Gasteiger partial charge in [0.25, 0.3) is 0 Å². The van der Waals surface area contributed by atoms with E-state index in [1.54, 1.807) is 24.3 Å². The van der Waals surface area contributed by atoms with E-state index in [1.807, 2.05) is 0 Å². The minimum absolute atomic E-state index is 0.0774. The van der Waals surface area contributed by atoms with E-state index in [0.717, 1.165) is 25.7 Å². The molecule has 1 saturated carbocycles. The molecule has 4 N–H and O–H groups in total. The molecule has 1 amide bonds. The standard InChI is InChI=1S/C15H22N2O3/c16-11-5-7-12(8-6-11)20-10-9-15(19)17-13-3-1-2-4-14(13)18/h5-8,13-14,18H,1-4,9-10,16H2,(H,17,19)/t13-,14-/m1/s1. The van der Waals surface area contributed by atoms with E-state index in [2.05, 4.69) is 5.32 Å². The van der Waals surface area contributed by atoms with Crippen LogP contribution in [0.15, 0.2) is 24.3 Å². The first-order chi connectivity index (χ1) is 9.65. The Kier molecular flexibility index (Phi) is 5.24. The molecule has 0 saturated heterocycles. The minimum Gasteiger partial charge on any atom is -0.493 e. The smallest absolute Gasteiger partial charge is 0.223 e. The van der Waals surface area contributed by atoms with E-state index in [1.165, 1.54) is 0 Å². The minimum atomic E-state index is -0.411. The van der Waals surface area contributed by atoms with Gasteiger partial charge in [-0.05, 0) is 37.1 Å². The van der Waals surface area contributed by atoms with Gasteiger partial charge in [-0.15, -0.1) is 0 Å². The van der Waals surface area contributed by atoms with Gasteiger partial charge < -0.3 is 20.9 Å². The number of carbonyl (C=O) groups excluding carboxylic acids is 1. The molecule has 2 atom stereocenters. The van der Waals surface area contributed by atoms with Crippen LogP contribution in [-0.2, 0) is 4.79 Å². The fraction of sp³-hybridized carbons (Fsp3) is 0.533. The van der Waals surface area contributed by atoms with Crippen LogP contribution in [0.4, 0.5) is 5.69 Å². The number of ether oxygens (including phenoxy) is 1. The van der Waals surface area contributed by atoms with Crippen LogP contribution < -0.4 is 15.8 Å². The summed E-state index contributed by atoms with van der Waals surface area (Å²) in [4.78, 5) is 11.8. The summed E-state index contributed by atoms with van der Waals surface area (Å²) in [6, 6.07) is 6.96. The summed E-state index contributed by atoms with van der Waals surface area (Å²) in [7, 11) is 0. The van der Waals surface area contributed by atoms with Crippen molar-refractivity contribution in [3.05, 3.63) is 24.3 Å². The number of hydrogen-bond acceptors (Lipinski definition) is 4. The number of amides is 1. The average molecular weight is 278 g/mol. The highest BCUT2D eigenvalue weighted by molar-refractivity contribution is 5.76. The molecule has 1 fully saturated rings. The van der Waals surface area contributed by atoms with Crippen molar-refractivity contribution in [1.82, 2.24) is 5.32 Å². The number of anilines is 1. The predicted octanol–water partition coefficient (Wildman–Crippen LogP) is 1.46. The van der Waals surface area contributed by atoms with Crippen LogP contribution in [0.1, 0.15) is 32.1 Å². The monoisotopic (exact) mass is 278 g/mol. The summed E-state index contributed by atoms with van der Waals surface area (Å²) in [5.41, 5.74) is 6.26. The first-order valence-corrected chi connectivity index (χ1v) is 7.11. The van der Waals surface area contributed by atoms with E-state index in [9.17, 15) is 9.90 Å². The van der Waals surface area contributed by atoms with Gasteiger partial charge in [0.05, 0.1) is 25.2 Å². The highest BCUT2D eigenvalue weighted by Gasteiger charge is 2.24. The molecule has 2 rings (SSSR count). The molecule has 110 valence electrons. The maximum atomic E-state index is 11.8. The van der Waals surface area contributed by atoms with Crippen LogP contribution in [0, 0.1) is 0 Å². The van der Waals surface area contributed by atoms with Crippen molar-refractivity contribution < 1.29 is 14.6 Å². The lowest BCUT2D eigenvalue weighted by molar-refractivity contribution is -0.123. The lowest BCUT2D eigenvalue weighted by Gasteiger charge is -2.28. The van der Waals surface area contributed by atoms with Crippen LogP contribution in [-0.4, -0.2) is 29.8 Å². The van der Waals surface area contributed by atoms with Gasteiger partial charge in [0.15, 0.2) is 0 Å². The van der Waals surface area contributed by atoms with Gasteiger partial charge in [0.1, 0.15) is 5.75 Å². The number of aliphatic hydroxyl groups excluding tert-OH is 1. The third kappa shape index (κ3) is 4.42. The SMILES string of the molecule is Nc1ccc(OCCC(=O)N[C@@H]2CCCC[C@H]2O)cc1. The van der Waals surface area contributed by atoms with E-state index >= 15 is 0 Å². The summed E-state index contributed by atoms with van der Waals surface area (Å²) >= 11 is 0. The van der Waals surface area contributed by atoms with Gasteiger partial charge in [-0.25, -0.2) is 0 Å². The Balaban J connectivity index is 1.68. The second-order valence-corrected chi connectivity index (χ2v) is 5.19. The molecule has 0 aromatic heterocycles. The number of nitrogens with one attached hydrogen (secondary N) is 1. The van der Waals surface area contributed by atoms with Gasteiger partial charge in [0, 0.05) is 5.69 Å². The summed E-state index contributed by atoms with van der Waals surface area (Å²) in [5, 5.41) is 12.7. The maximum absolute atomic E-state index is 11.8. The Morgan fingerprint density at radius 1 is 1.30 bits per heavy atom. The van der Waals surface area contributed by atoms with Crippen molar-refractivity contribution in [2.75, 3.05) is 12.3 Å². The van der Waals surface area contributed by atoms with Crippen molar-refractivity contribution in [3.8, 4) is 5.75 Å². The Morgan fingerprint density at radius 3 is 2.70 bits per heavy atom. The number of nitrogen functional groups attached to an aromatic ring is 1. The van der Waals surface area contributed by atoms with Gasteiger partial charge in [-0.1, -0.05) is 12.8 Å². The van der Waals surface area contributed by atoms with E-state index in [4.69, 9.17) is 10.5 Å². The zero-order chi connectivity index (χ0) is 14.4. The Bertz CT molecular complexity index is 433. The predicted molar refractivity (Wildman–Crippen MR) is 77.4 cm³/mol. The Morgan fingerprint density at radius 2 is 2.00 bits per heavy atom. The number of benzene rings is 1. The number of hydrogen-bond donors (Lipinski definition) is 3. The van der Waals surface area contributed by atoms with Gasteiger partial charge in [0.2, 0.25) is 5.91 Å². The number of rotatable bonds is 5. The molecule has 5 heteroatoms. The Hall–Kier alpha value is -1.75. The molecule has 1 aliphatic carbocycles. The van der Waals surface area contributed by atoms with Crippen LogP contribution in [0.3, 0.4) is 0 Å². The highest BCUT2D eigenvalue weighted by atomic mass is 16.5. The quantitative estimate of drug-likeness (QED) is 0.712. The largest absolute Gasteiger partial charge is 0.493 e. The Labute approximate surface area is 119 Å². The molecular weight excluding hydrogens is 256 g/mol. The molecule has 0 heterocycles. The van der Waals surface area contributed by atoms with E-state index in [0.29, 0.717) is 18.0 Å². The van der Waals surface area contributed by atoms with Crippen molar-refractivity contribution in [2.24, 2.45) is 0 Å². The topological polar surface area (TPSA) is 84.6 Å². The second-order valence-electron chi connectivity index (χ2n) is 5.19. The molecule has 1 aromatic rings. The van der Waals surface area contributed by atoms with E-state index in [-0.39, 0.29) is 18.4 Å². The van der Waals surface area contributed by atoms with Gasteiger partial charge in [-0.2, -0.15) is 0 Å². The summed E-state index contributed by atoms with van der Waals surface area (Å²) in [6.07, 6.45) is 3.59. The normalized spacial score (nSPS) is 22.2. The third-order valence-corrected chi connectivity index (χ3v) is 3.55. The van der Waals surface area contributed by atoms with Crippen LogP contribution >= 0.6 is 0 Å². The van der Waals surface area contributed by atoms with Crippen LogP contribution in [0.5, 0.6) is 5.75 Å². The third-order valence-electron chi connectivity index (χ3n) is 3.55. The van der Waals surface area contributed by atoms with Crippen molar-refractivity contribution in [1.29, 1.82) is 0 Å². The van der Waals surface area contributed by atoms with E-state index < -0.39 is 6.10 Å². The number of carbonyl (C=O) groups is 1. The zero-order valence-electron chi connectivity index (χ0n) is 11.5. The zero-order valence-corrected chi connectivity index (χ0v) is 11.5. The molecule has 0 spiro atoms. The van der Waals surface area contributed by atoms with Crippen molar-refractivity contribution in [3.63, 3.8) is 0 Å². The summed E-state index contributed by atoms with van der Waals surface area (Å²) < 4.78 is 5.47. The average Bonchev–Trinajstić information content (AvgIpc) is 2.44. The number of nitrogens with two attached hydrogens (primary N) is 1. The highest BCUT2D eigenvalue weighted by Crippen LogP contribution is 2.18. The molecular formula is C15H22N2O3. The summed E-state index contributed by atoms with van der Waals surface area (Å²) in [6.45, 7) is 0.318. The first kappa shape index (κ1) is 14.7. The lowest BCUT2D eigenvalue weighted by Crippen LogP contribution is -2.45. The molecule has 5 nitrogen and oxygen atoms in total. The van der Waals surface area contributed by atoms with Crippen LogP contribution in [0.2, 0.25) is 0 Å². The van der Waals surface area contributed by atoms with Gasteiger partial charge in [-0.3, -0.25) is 4.79 Å². The second kappa shape index (κ2) is 7.14. The first-order valence-electron chi connectivity index (χ1n) is 7.11. The number of aliphatic hydroxyl groups is 1. The molecule has 0 aliphatic heterocycles. The molecule has 0 radical (unpaired) electrons. The molecule has 1 aromatic carbocycles. The maximum Gasteiger partial charge on any atom is 0.223 e. The van der Waals surface area contributed by atoms with Crippen molar-refractivity contribution >= 4 is 11.6 Å². The van der Waals surface area contributed by atoms with Gasteiger partial charge >= 0.3 is 0 Å². The van der Waals surface area contributed by atoms with Crippen molar-refractivity contribution in [2.45, 2.75) is 44.2 Å². The summed E-state index contributed by atoms with van der Waals surface area (Å²) in [5.74, 6) is 0.621.